The standard InChI is InChI=1S/C9H10BrN3O2/c1-14-7-3-6(5-12-13-11)4-8(15-2)9(7)10/h3-4H,5H2,1-2H3. The fourth-order valence-corrected chi connectivity index (χ4v) is 1.68. The topological polar surface area (TPSA) is 67.2 Å². The molecule has 0 N–H and O–H groups in total. The van der Waals surface area contributed by atoms with E-state index in [4.69, 9.17) is 15.0 Å². The summed E-state index contributed by atoms with van der Waals surface area (Å²) in [5.41, 5.74) is 9.06. The number of nitrogens with zero attached hydrogens (tertiary/aromatic N) is 3. The molecule has 0 aliphatic heterocycles. The van der Waals surface area contributed by atoms with E-state index in [-0.39, 0.29) is 6.54 Å². The molecule has 0 spiro atoms. The lowest BCUT2D eigenvalue weighted by molar-refractivity contribution is 0.388. The van der Waals surface area contributed by atoms with Crippen LogP contribution in [0.15, 0.2) is 21.7 Å². The zero-order chi connectivity index (χ0) is 11.3. The lowest BCUT2D eigenvalue weighted by Crippen LogP contribution is -1.92. The van der Waals surface area contributed by atoms with Gasteiger partial charge in [-0.25, -0.2) is 0 Å². The molecular weight excluding hydrogens is 262 g/mol. The number of ether oxygens (including phenoxy) is 2. The molecule has 0 aliphatic rings. The largest absolute Gasteiger partial charge is 0.495 e. The van der Waals surface area contributed by atoms with E-state index in [2.05, 4.69) is 26.0 Å². The monoisotopic (exact) mass is 271 g/mol. The zero-order valence-corrected chi connectivity index (χ0v) is 9.98. The maximum atomic E-state index is 8.22. The number of halogens is 1. The highest BCUT2D eigenvalue weighted by Crippen LogP contribution is 2.35. The number of benzene rings is 1. The van der Waals surface area contributed by atoms with E-state index in [1.165, 1.54) is 0 Å². The van der Waals surface area contributed by atoms with Crippen LogP contribution >= 0.6 is 15.9 Å². The number of methoxy groups -OCH3 is 2. The third kappa shape index (κ3) is 2.78. The van der Waals surface area contributed by atoms with Crippen LogP contribution in [0.1, 0.15) is 5.56 Å². The average molecular weight is 272 g/mol. The van der Waals surface area contributed by atoms with Gasteiger partial charge in [-0.3, -0.25) is 0 Å². The summed E-state index contributed by atoms with van der Waals surface area (Å²) in [4.78, 5) is 2.70. The smallest absolute Gasteiger partial charge is 0.137 e. The van der Waals surface area contributed by atoms with Gasteiger partial charge in [0.25, 0.3) is 0 Å². The first kappa shape index (κ1) is 11.7. The summed E-state index contributed by atoms with van der Waals surface area (Å²) in [6.07, 6.45) is 0. The highest BCUT2D eigenvalue weighted by molar-refractivity contribution is 9.10. The van der Waals surface area contributed by atoms with Crippen LogP contribution in [0.25, 0.3) is 10.4 Å². The maximum Gasteiger partial charge on any atom is 0.137 e. The first-order chi connectivity index (χ1) is 7.22. The van der Waals surface area contributed by atoms with Gasteiger partial charge < -0.3 is 9.47 Å². The first-order valence-corrected chi connectivity index (χ1v) is 4.93. The minimum atomic E-state index is 0.274. The molecule has 0 radical (unpaired) electrons. The summed E-state index contributed by atoms with van der Waals surface area (Å²) in [7, 11) is 3.13. The van der Waals surface area contributed by atoms with E-state index in [1.807, 2.05) is 0 Å². The van der Waals surface area contributed by atoms with Gasteiger partial charge in [-0.15, -0.1) is 0 Å². The van der Waals surface area contributed by atoms with Crippen LogP contribution in [-0.2, 0) is 6.54 Å². The van der Waals surface area contributed by atoms with Gasteiger partial charge in [0.15, 0.2) is 0 Å². The number of rotatable bonds is 4. The number of hydrogen-bond acceptors (Lipinski definition) is 3. The summed E-state index contributed by atoms with van der Waals surface area (Å²) >= 11 is 3.35. The molecule has 5 nitrogen and oxygen atoms in total. The van der Waals surface area contributed by atoms with E-state index >= 15 is 0 Å². The van der Waals surface area contributed by atoms with E-state index in [0.29, 0.717) is 11.5 Å². The molecule has 0 aliphatic carbocycles. The van der Waals surface area contributed by atoms with E-state index in [9.17, 15) is 0 Å². The second-order valence-corrected chi connectivity index (χ2v) is 3.50. The van der Waals surface area contributed by atoms with Crippen LogP contribution in [0.2, 0.25) is 0 Å². The summed E-state index contributed by atoms with van der Waals surface area (Å²) in [5.74, 6) is 1.30. The van der Waals surface area contributed by atoms with Crippen molar-refractivity contribution in [1.29, 1.82) is 0 Å². The SMILES string of the molecule is COc1cc(CN=[N+]=[N-])cc(OC)c1Br. The molecule has 6 heteroatoms. The van der Waals surface area contributed by atoms with Crippen molar-refractivity contribution >= 4 is 15.9 Å². The molecule has 0 saturated carbocycles. The molecule has 1 rings (SSSR count). The molecule has 15 heavy (non-hydrogen) atoms. The van der Waals surface area contributed by atoms with Crippen molar-refractivity contribution in [2.75, 3.05) is 14.2 Å². The minimum Gasteiger partial charge on any atom is -0.495 e. The Hall–Kier alpha value is -1.39. The third-order valence-electron chi connectivity index (χ3n) is 1.82. The summed E-state index contributed by atoms with van der Waals surface area (Å²) in [5, 5.41) is 3.48. The van der Waals surface area contributed by atoms with Gasteiger partial charge in [0.1, 0.15) is 16.0 Å². The lowest BCUT2D eigenvalue weighted by Gasteiger charge is -2.10. The highest BCUT2D eigenvalue weighted by atomic mass is 79.9. The van der Waals surface area contributed by atoms with Crippen LogP contribution in [-0.4, -0.2) is 14.2 Å². The van der Waals surface area contributed by atoms with Crippen LogP contribution in [0.5, 0.6) is 11.5 Å². The van der Waals surface area contributed by atoms with Crippen LogP contribution in [0.3, 0.4) is 0 Å². The molecule has 0 fully saturated rings. The Balaban J connectivity index is 3.14. The first-order valence-electron chi connectivity index (χ1n) is 4.14. The molecular formula is C9H10BrN3O2. The maximum absolute atomic E-state index is 8.22. The Bertz CT molecular complexity index is 377. The molecule has 0 amide bonds. The van der Waals surface area contributed by atoms with Crippen molar-refractivity contribution in [3.05, 3.63) is 32.6 Å². The fraction of sp³-hybridized carbons (Fsp3) is 0.333. The second kappa shape index (κ2) is 5.48. The van der Waals surface area contributed by atoms with Gasteiger partial charge in [-0.1, -0.05) is 5.11 Å². The van der Waals surface area contributed by atoms with Gasteiger partial charge in [-0.05, 0) is 39.2 Å². The van der Waals surface area contributed by atoms with Crippen molar-refractivity contribution in [3.63, 3.8) is 0 Å². The second-order valence-electron chi connectivity index (χ2n) is 2.70. The van der Waals surface area contributed by atoms with Crippen molar-refractivity contribution < 1.29 is 9.47 Å². The molecule has 80 valence electrons. The fourth-order valence-electron chi connectivity index (χ4n) is 1.13. The Morgan fingerprint density at radius 2 is 1.87 bits per heavy atom. The summed E-state index contributed by atoms with van der Waals surface area (Å²) in [6, 6.07) is 3.59. The molecule has 1 aromatic rings. The molecule has 1 aromatic carbocycles. The van der Waals surface area contributed by atoms with Gasteiger partial charge in [0, 0.05) is 4.91 Å². The molecule has 0 saturated heterocycles. The van der Waals surface area contributed by atoms with Gasteiger partial charge in [0.2, 0.25) is 0 Å². The van der Waals surface area contributed by atoms with Gasteiger partial charge >= 0.3 is 0 Å². The number of azide groups is 1. The Morgan fingerprint density at radius 3 is 2.27 bits per heavy atom. The summed E-state index contributed by atoms with van der Waals surface area (Å²) < 4.78 is 11.0. The van der Waals surface area contributed by atoms with Crippen LogP contribution in [0.4, 0.5) is 0 Å². The number of hydrogen-bond donors (Lipinski definition) is 0. The van der Waals surface area contributed by atoms with Crippen molar-refractivity contribution in [2.45, 2.75) is 6.54 Å². The normalized spacial score (nSPS) is 9.27. The Labute approximate surface area is 95.8 Å². The lowest BCUT2D eigenvalue weighted by atomic mass is 10.2. The Morgan fingerprint density at radius 1 is 1.33 bits per heavy atom. The van der Waals surface area contributed by atoms with Crippen LogP contribution < -0.4 is 9.47 Å². The van der Waals surface area contributed by atoms with E-state index in [0.717, 1.165) is 10.0 Å². The molecule has 0 heterocycles. The minimum absolute atomic E-state index is 0.274. The van der Waals surface area contributed by atoms with Crippen molar-refractivity contribution in [3.8, 4) is 11.5 Å². The van der Waals surface area contributed by atoms with Crippen molar-refractivity contribution in [2.24, 2.45) is 5.11 Å². The zero-order valence-electron chi connectivity index (χ0n) is 8.40. The quantitative estimate of drug-likeness (QED) is 0.479. The molecule has 0 aromatic heterocycles. The molecule has 0 atom stereocenters. The van der Waals surface area contributed by atoms with E-state index in [1.54, 1.807) is 26.4 Å². The third-order valence-corrected chi connectivity index (χ3v) is 2.60. The molecule has 0 unspecified atom stereocenters. The predicted molar refractivity (Wildman–Crippen MR) is 60.1 cm³/mol. The van der Waals surface area contributed by atoms with Crippen molar-refractivity contribution in [1.82, 2.24) is 0 Å². The average Bonchev–Trinajstić information content (AvgIpc) is 2.27. The van der Waals surface area contributed by atoms with Gasteiger partial charge in [0.05, 0.1) is 20.8 Å². The highest BCUT2D eigenvalue weighted by Gasteiger charge is 2.08. The Kier molecular flexibility index (Phi) is 4.27. The van der Waals surface area contributed by atoms with E-state index < -0.39 is 0 Å². The predicted octanol–water partition coefficient (Wildman–Crippen LogP) is 3.28. The summed E-state index contributed by atoms with van der Waals surface area (Å²) in [6.45, 7) is 0.274. The molecule has 0 bridgehead atoms. The van der Waals surface area contributed by atoms with Crippen LogP contribution in [0, 0.1) is 0 Å². The van der Waals surface area contributed by atoms with Gasteiger partial charge in [-0.2, -0.15) is 0 Å².